The van der Waals surface area contributed by atoms with E-state index in [0.717, 1.165) is 41.4 Å². The molecule has 40 heavy (non-hydrogen) atoms. The molecule has 2 aliphatic rings. The lowest BCUT2D eigenvalue weighted by atomic mass is 9.91. The van der Waals surface area contributed by atoms with Crippen LogP contribution in [-0.4, -0.2) is 69.6 Å². The summed E-state index contributed by atoms with van der Waals surface area (Å²) in [6, 6.07) is 16.8. The van der Waals surface area contributed by atoms with Gasteiger partial charge in [0, 0.05) is 55.1 Å². The number of hydrogen-bond donors (Lipinski definition) is 3. The number of hydrogen-bond acceptors (Lipinski definition) is 5. The monoisotopic (exact) mass is 545 g/mol. The zero-order valence-electron chi connectivity index (χ0n) is 23.5. The number of fused-ring (bicyclic) bond motifs is 2. The Kier molecular flexibility index (Phi) is 8.12. The lowest BCUT2D eigenvalue weighted by molar-refractivity contribution is -0.145. The van der Waals surface area contributed by atoms with Gasteiger partial charge in [0.25, 0.3) is 0 Å². The number of carbonyl (C=O) groups is 3. The quantitative estimate of drug-likeness (QED) is 0.417. The summed E-state index contributed by atoms with van der Waals surface area (Å²) in [5, 5.41) is 7.01. The van der Waals surface area contributed by atoms with Crippen LogP contribution in [0.25, 0.3) is 10.9 Å². The first kappa shape index (κ1) is 27.7. The fraction of sp³-hybridized carbons (Fsp3) is 0.452. The minimum Gasteiger partial charge on any atom is -0.444 e. The first-order chi connectivity index (χ1) is 19.2. The summed E-state index contributed by atoms with van der Waals surface area (Å²) in [5.74, 6) is -0.185. The van der Waals surface area contributed by atoms with Crippen LogP contribution in [0.15, 0.2) is 60.8 Å². The van der Waals surface area contributed by atoms with Crippen LogP contribution < -0.4 is 10.6 Å². The SMILES string of the molecule is CC(C)(C)OC(=O)N[C@@H](Cc1c[nH]c2ccccc12)C(=O)N[C@@H]1CCCN2CN(Cc3ccccc3)C(=O)C[C@@H]12. The largest absolute Gasteiger partial charge is 0.444 e. The molecule has 2 aromatic carbocycles. The topological polar surface area (TPSA) is 107 Å². The van der Waals surface area contributed by atoms with Crippen LogP contribution in [0.3, 0.4) is 0 Å². The second-order valence-electron chi connectivity index (χ2n) is 11.8. The van der Waals surface area contributed by atoms with Gasteiger partial charge in [-0.15, -0.1) is 0 Å². The van der Waals surface area contributed by atoms with Crippen molar-refractivity contribution < 1.29 is 19.1 Å². The number of aromatic amines is 1. The summed E-state index contributed by atoms with van der Waals surface area (Å²) in [6.07, 6.45) is 3.60. The maximum Gasteiger partial charge on any atom is 0.408 e. The van der Waals surface area contributed by atoms with Crippen LogP contribution >= 0.6 is 0 Å². The number of piperidine rings is 1. The van der Waals surface area contributed by atoms with Crippen molar-refractivity contribution in [2.75, 3.05) is 13.2 Å². The number of ether oxygens (including phenoxy) is 1. The molecule has 9 heteroatoms. The summed E-state index contributed by atoms with van der Waals surface area (Å²) >= 11 is 0. The third kappa shape index (κ3) is 6.65. The van der Waals surface area contributed by atoms with Gasteiger partial charge in [0.2, 0.25) is 11.8 Å². The number of nitrogens with one attached hydrogen (secondary N) is 3. The van der Waals surface area contributed by atoms with Gasteiger partial charge in [-0.1, -0.05) is 48.5 Å². The minimum atomic E-state index is -0.835. The predicted molar refractivity (Wildman–Crippen MR) is 153 cm³/mol. The fourth-order valence-electron chi connectivity index (χ4n) is 5.75. The first-order valence-electron chi connectivity index (χ1n) is 14.1. The second kappa shape index (κ2) is 11.7. The summed E-state index contributed by atoms with van der Waals surface area (Å²) in [6.45, 7) is 7.37. The van der Waals surface area contributed by atoms with Gasteiger partial charge >= 0.3 is 6.09 Å². The first-order valence-corrected chi connectivity index (χ1v) is 14.1. The molecule has 0 saturated carbocycles. The van der Waals surface area contributed by atoms with Crippen molar-refractivity contribution in [2.24, 2.45) is 0 Å². The molecule has 3 aromatic rings. The zero-order chi connectivity index (χ0) is 28.3. The Morgan fingerprint density at radius 1 is 1.10 bits per heavy atom. The molecule has 3 N–H and O–H groups in total. The lowest BCUT2D eigenvalue weighted by Gasteiger charge is -2.47. The van der Waals surface area contributed by atoms with Gasteiger partial charge in [-0.3, -0.25) is 14.5 Å². The van der Waals surface area contributed by atoms with Crippen LogP contribution in [0.1, 0.15) is 51.2 Å². The van der Waals surface area contributed by atoms with E-state index in [2.05, 4.69) is 20.5 Å². The molecule has 2 fully saturated rings. The third-order valence-corrected chi connectivity index (χ3v) is 7.63. The Balaban J connectivity index is 1.29. The van der Waals surface area contributed by atoms with Crippen molar-refractivity contribution in [3.05, 3.63) is 71.9 Å². The number of carbonyl (C=O) groups excluding carboxylic acids is 3. The van der Waals surface area contributed by atoms with E-state index in [1.54, 1.807) is 20.8 Å². The molecule has 2 aliphatic heterocycles. The van der Waals surface area contributed by atoms with E-state index >= 15 is 0 Å². The van der Waals surface area contributed by atoms with E-state index in [-0.39, 0.29) is 23.9 Å². The van der Waals surface area contributed by atoms with Crippen LogP contribution in [0, 0.1) is 0 Å². The summed E-state index contributed by atoms with van der Waals surface area (Å²) in [7, 11) is 0. The number of aromatic nitrogens is 1. The van der Waals surface area contributed by atoms with E-state index in [9.17, 15) is 14.4 Å². The highest BCUT2D eigenvalue weighted by molar-refractivity contribution is 5.88. The van der Waals surface area contributed by atoms with Gasteiger partial charge in [0.15, 0.2) is 0 Å². The second-order valence-corrected chi connectivity index (χ2v) is 11.8. The zero-order valence-corrected chi connectivity index (χ0v) is 23.5. The molecule has 3 amide bonds. The molecule has 0 bridgehead atoms. The molecule has 3 atom stereocenters. The average molecular weight is 546 g/mol. The molecule has 212 valence electrons. The number of amides is 3. The standard InChI is InChI=1S/C31H39N5O4/c1-31(2,3)40-30(39)34-26(16-22-18-32-24-13-8-7-12-23(22)24)29(38)33-25-14-9-15-35-20-36(28(37)17-27(25)35)19-21-10-5-4-6-11-21/h4-8,10-13,18,25-27,32H,9,14-17,19-20H2,1-3H3,(H,33,38)(H,34,39)/t25-,26+,27+/m1/s1. The Morgan fingerprint density at radius 2 is 1.85 bits per heavy atom. The van der Waals surface area contributed by atoms with E-state index in [0.29, 0.717) is 26.1 Å². The van der Waals surface area contributed by atoms with Gasteiger partial charge in [0.05, 0.1) is 6.67 Å². The van der Waals surface area contributed by atoms with E-state index in [4.69, 9.17) is 4.74 Å². The normalized spacial score (nSPS) is 20.6. The lowest BCUT2D eigenvalue weighted by Crippen LogP contribution is -2.64. The van der Waals surface area contributed by atoms with Crippen LogP contribution in [0.2, 0.25) is 0 Å². The number of benzene rings is 2. The molecule has 5 rings (SSSR count). The maximum absolute atomic E-state index is 13.7. The van der Waals surface area contributed by atoms with Crippen LogP contribution in [0.4, 0.5) is 4.79 Å². The van der Waals surface area contributed by atoms with Gasteiger partial charge in [-0.05, 0) is 50.8 Å². The van der Waals surface area contributed by atoms with Crippen molar-refractivity contribution in [3.63, 3.8) is 0 Å². The molecule has 2 saturated heterocycles. The van der Waals surface area contributed by atoms with Crippen molar-refractivity contribution in [3.8, 4) is 0 Å². The molecule has 0 aliphatic carbocycles. The Labute approximate surface area is 235 Å². The molecule has 1 aromatic heterocycles. The minimum absolute atomic E-state index is 0.0764. The van der Waals surface area contributed by atoms with Crippen LogP contribution in [-0.2, 0) is 27.3 Å². The van der Waals surface area contributed by atoms with E-state index < -0.39 is 17.7 Å². The van der Waals surface area contributed by atoms with Gasteiger partial charge in [-0.25, -0.2) is 4.79 Å². The number of nitrogens with zero attached hydrogens (tertiary/aromatic N) is 2. The highest BCUT2D eigenvalue weighted by Gasteiger charge is 2.40. The summed E-state index contributed by atoms with van der Waals surface area (Å²) in [5.41, 5.74) is 2.31. The molecule has 0 spiro atoms. The Morgan fingerprint density at radius 3 is 2.62 bits per heavy atom. The number of alkyl carbamates (subject to hydrolysis) is 1. The molecular weight excluding hydrogens is 506 g/mol. The van der Waals surface area contributed by atoms with Crippen molar-refractivity contribution in [1.82, 2.24) is 25.4 Å². The van der Waals surface area contributed by atoms with Crippen LogP contribution in [0.5, 0.6) is 0 Å². The molecule has 9 nitrogen and oxygen atoms in total. The fourth-order valence-corrected chi connectivity index (χ4v) is 5.75. The maximum atomic E-state index is 13.7. The molecule has 0 unspecified atom stereocenters. The average Bonchev–Trinajstić information content (AvgIpc) is 3.31. The Hall–Kier alpha value is -3.85. The summed E-state index contributed by atoms with van der Waals surface area (Å²) < 4.78 is 5.48. The predicted octanol–water partition coefficient (Wildman–Crippen LogP) is 3.94. The number of H-pyrrole nitrogens is 1. The smallest absolute Gasteiger partial charge is 0.408 e. The number of rotatable bonds is 7. The van der Waals surface area contributed by atoms with Gasteiger partial charge < -0.3 is 25.3 Å². The van der Waals surface area contributed by atoms with E-state index in [1.165, 1.54) is 0 Å². The summed E-state index contributed by atoms with van der Waals surface area (Å²) in [4.78, 5) is 47.0. The third-order valence-electron chi connectivity index (χ3n) is 7.63. The highest BCUT2D eigenvalue weighted by Crippen LogP contribution is 2.27. The molecule has 3 heterocycles. The van der Waals surface area contributed by atoms with Crippen molar-refractivity contribution in [2.45, 2.75) is 76.7 Å². The molecular formula is C31H39N5O4. The van der Waals surface area contributed by atoms with E-state index in [1.807, 2.05) is 65.7 Å². The molecule has 0 radical (unpaired) electrons. The van der Waals surface area contributed by atoms with Crippen molar-refractivity contribution >= 4 is 28.8 Å². The van der Waals surface area contributed by atoms with Gasteiger partial charge in [0.1, 0.15) is 11.6 Å². The Bertz CT molecular complexity index is 1350. The van der Waals surface area contributed by atoms with Crippen molar-refractivity contribution in [1.29, 1.82) is 0 Å². The number of para-hydroxylation sites is 1. The van der Waals surface area contributed by atoms with Gasteiger partial charge in [-0.2, -0.15) is 0 Å². The highest BCUT2D eigenvalue weighted by atomic mass is 16.6.